The van der Waals surface area contributed by atoms with Crippen molar-refractivity contribution in [3.8, 4) is 0 Å². The van der Waals surface area contributed by atoms with E-state index in [9.17, 15) is 4.79 Å². The molecule has 0 aliphatic rings. The van der Waals surface area contributed by atoms with Crippen molar-refractivity contribution >= 4 is 40.0 Å². The largest absolute Gasteiger partial charge is 0.294 e. The standard InChI is InChI=1S/C14H14ClIN2O/c1-9(2)18-6-5-11(17-18)8-14(19)12-7-10(15)3-4-13(12)16/h3-7,9H,8H2,1-2H3. The Morgan fingerprint density at radius 3 is 2.79 bits per heavy atom. The van der Waals surface area contributed by atoms with E-state index < -0.39 is 0 Å². The van der Waals surface area contributed by atoms with Crippen molar-refractivity contribution in [1.82, 2.24) is 9.78 Å². The topological polar surface area (TPSA) is 34.9 Å². The Labute approximate surface area is 131 Å². The fourth-order valence-electron chi connectivity index (χ4n) is 1.73. The van der Waals surface area contributed by atoms with Crippen molar-refractivity contribution in [3.05, 3.63) is 50.3 Å². The van der Waals surface area contributed by atoms with Gasteiger partial charge >= 0.3 is 0 Å². The molecular formula is C14H14ClIN2O. The highest BCUT2D eigenvalue weighted by molar-refractivity contribution is 14.1. The van der Waals surface area contributed by atoms with Gasteiger partial charge < -0.3 is 0 Å². The summed E-state index contributed by atoms with van der Waals surface area (Å²) in [5.41, 5.74) is 1.45. The van der Waals surface area contributed by atoms with Crippen LogP contribution in [0, 0.1) is 3.57 Å². The Balaban J connectivity index is 2.18. The zero-order valence-electron chi connectivity index (χ0n) is 10.7. The lowest BCUT2D eigenvalue weighted by Gasteiger charge is -2.05. The third-order valence-corrected chi connectivity index (χ3v) is 3.94. The summed E-state index contributed by atoms with van der Waals surface area (Å²) in [7, 11) is 0. The Morgan fingerprint density at radius 2 is 2.16 bits per heavy atom. The van der Waals surface area contributed by atoms with Crippen LogP contribution in [0.15, 0.2) is 30.5 Å². The third kappa shape index (κ3) is 3.57. The molecule has 0 N–H and O–H groups in total. The number of hydrogen-bond donors (Lipinski definition) is 0. The number of hydrogen-bond acceptors (Lipinski definition) is 2. The summed E-state index contributed by atoms with van der Waals surface area (Å²) < 4.78 is 2.77. The quantitative estimate of drug-likeness (QED) is 0.583. The Kier molecular flexibility index (Phi) is 4.62. The van der Waals surface area contributed by atoms with Gasteiger partial charge in [0.1, 0.15) is 0 Å². The molecule has 0 atom stereocenters. The minimum Gasteiger partial charge on any atom is -0.294 e. The van der Waals surface area contributed by atoms with Gasteiger partial charge in [-0.05, 0) is 60.7 Å². The number of aromatic nitrogens is 2. The zero-order chi connectivity index (χ0) is 14.0. The lowest BCUT2D eigenvalue weighted by atomic mass is 10.1. The first-order valence-corrected chi connectivity index (χ1v) is 7.45. The summed E-state index contributed by atoms with van der Waals surface area (Å²) in [5, 5.41) is 4.97. The van der Waals surface area contributed by atoms with Gasteiger partial charge in [-0.3, -0.25) is 9.48 Å². The maximum absolute atomic E-state index is 12.3. The average Bonchev–Trinajstić information content (AvgIpc) is 2.80. The van der Waals surface area contributed by atoms with Gasteiger partial charge in [-0.2, -0.15) is 5.10 Å². The first kappa shape index (κ1) is 14.5. The van der Waals surface area contributed by atoms with Crippen LogP contribution in [-0.2, 0) is 6.42 Å². The van der Waals surface area contributed by atoms with Crippen molar-refractivity contribution in [2.24, 2.45) is 0 Å². The molecule has 1 aromatic heterocycles. The average molecular weight is 389 g/mol. The van der Waals surface area contributed by atoms with Crippen LogP contribution in [0.4, 0.5) is 0 Å². The highest BCUT2D eigenvalue weighted by atomic mass is 127. The van der Waals surface area contributed by atoms with Crippen LogP contribution in [0.1, 0.15) is 35.9 Å². The van der Waals surface area contributed by atoms with Crippen LogP contribution in [0.25, 0.3) is 0 Å². The van der Waals surface area contributed by atoms with E-state index in [-0.39, 0.29) is 5.78 Å². The Morgan fingerprint density at radius 1 is 1.42 bits per heavy atom. The molecule has 0 unspecified atom stereocenters. The van der Waals surface area contributed by atoms with Crippen molar-refractivity contribution in [2.75, 3.05) is 0 Å². The molecule has 2 aromatic rings. The molecule has 0 amide bonds. The van der Waals surface area contributed by atoms with E-state index >= 15 is 0 Å². The van der Waals surface area contributed by atoms with Gasteiger partial charge in [0.15, 0.2) is 5.78 Å². The summed E-state index contributed by atoms with van der Waals surface area (Å²) in [6.45, 7) is 4.11. The van der Waals surface area contributed by atoms with E-state index in [0.29, 0.717) is 23.0 Å². The Bertz CT molecular complexity index is 607. The molecule has 0 radical (unpaired) electrons. The summed E-state index contributed by atoms with van der Waals surface area (Å²) >= 11 is 8.08. The van der Waals surface area contributed by atoms with E-state index in [4.69, 9.17) is 11.6 Å². The van der Waals surface area contributed by atoms with Gasteiger partial charge in [0.2, 0.25) is 0 Å². The van der Waals surface area contributed by atoms with Gasteiger partial charge in [0.25, 0.3) is 0 Å². The number of carbonyl (C=O) groups is 1. The molecule has 0 spiro atoms. The third-order valence-electron chi connectivity index (χ3n) is 2.76. The minimum absolute atomic E-state index is 0.0425. The molecule has 0 saturated heterocycles. The molecule has 5 heteroatoms. The number of nitrogens with zero attached hydrogens (tertiary/aromatic N) is 2. The summed E-state index contributed by atoms with van der Waals surface area (Å²) in [6, 6.07) is 7.53. The van der Waals surface area contributed by atoms with Crippen LogP contribution in [0.2, 0.25) is 5.02 Å². The predicted octanol–water partition coefficient (Wildman–Crippen LogP) is 4.15. The maximum atomic E-state index is 12.3. The van der Waals surface area contributed by atoms with E-state index in [2.05, 4.69) is 41.5 Å². The number of carbonyl (C=O) groups excluding carboxylic acids is 1. The molecule has 19 heavy (non-hydrogen) atoms. The van der Waals surface area contributed by atoms with Crippen LogP contribution in [0.3, 0.4) is 0 Å². The van der Waals surface area contributed by atoms with Crippen LogP contribution in [0.5, 0.6) is 0 Å². The van der Waals surface area contributed by atoms with Gasteiger partial charge in [-0.15, -0.1) is 0 Å². The molecule has 0 fully saturated rings. The highest BCUT2D eigenvalue weighted by Gasteiger charge is 2.13. The van der Waals surface area contributed by atoms with Gasteiger partial charge in [0.05, 0.1) is 12.1 Å². The second kappa shape index (κ2) is 6.05. The van der Waals surface area contributed by atoms with Gasteiger partial charge in [-0.1, -0.05) is 11.6 Å². The van der Waals surface area contributed by atoms with Crippen LogP contribution >= 0.6 is 34.2 Å². The van der Waals surface area contributed by atoms with Gasteiger partial charge in [-0.25, -0.2) is 0 Å². The summed E-state index contributed by atoms with van der Waals surface area (Å²) in [6.07, 6.45) is 2.20. The molecule has 0 aliphatic carbocycles. The first-order valence-electron chi connectivity index (χ1n) is 5.99. The van der Waals surface area contributed by atoms with Crippen LogP contribution < -0.4 is 0 Å². The van der Waals surface area contributed by atoms with E-state index in [0.717, 1.165) is 9.26 Å². The molecule has 2 rings (SSSR count). The molecule has 0 saturated carbocycles. The molecule has 1 aromatic carbocycles. The van der Waals surface area contributed by atoms with Crippen molar-refractivity contribution in [3.63, 3.8) is 0 Å². The molecule has 1 heterocycles. The second-order valence-corrected chi connectivity index (χ2v) is 6.20. The van der Waals surface area contributed by atoms with E-state index in [1.54, 1.807) is 12.1 Å². The SMILES string of the molecule is CC(C)n1ccc(CC(=O)c2cc(Cl)ccc2I)n1. The normalized spacial score (nSPS) is 11.0. The predicted molar refractivity (Wildman–Crippen MR) is 84.8 cm³/mol. The summed E-state index contributed by atoms with van der Waals surface area (Å²) in [4.78, 5) is 12.3. The molecule has 100 valence electrons. The Hall–Kier alpha value is -0.880. The fraction of sp³-hybridized carbons (Fsp3) is 0.286. The number of benzene rings is 1. The van der Waals surface area contributed by atoms with Gasteiger partial charge in [0, 0.05) is 26.4 Å². The zero-order valence-corrected chi connectivity index (χ0v) is 13.6. The molecular weight excluding hydrogens is 375 g/mol. The van der Waals surface area contributed by atoms with E-state index in [1.165, 1.54) is 0 Å². The number of rotatable bonds is 4. The first-order chi connectivity index (χ1) is 8.97. The monoisotopic (exact) mass is 388 g/mol. The highest BCUT2D eigenvalue weighted by Crippen LogP contribution is 2.19. The number of halogens is 2. The number of Topliss-reactive ketones (excluding diaryl/α,β-unsaturated/α-hetero) is 1. The lowest BCUT2D eigenvalue weighted by Crippen LogP contribution is -2.08. The fourth-order valence-corrected chi connectivity index (χ4v) is 2.54. The van der Waals surface area contributed by atoms with Crippen LogP contribution in [-0.4, -0.2) is 15.6 Å². The van der Waals surface area contributed by atoms with Crippen molar-refractivity contribution in [1.29, 1.82) is 0 Å². The maximum Gasteiger partial charge on any atom is 0.169 e. The van der Waals surface area contributed by atoms with Crippen molar-refractivity contribution < 1.29 is 4.79 Å². The molecule has 3 nitrogen and oxygen atoms in total. The molecule has 0 bridgehead atoms. The molecule has 0 aliphatic heterocycles. The second-order valence-electron chi connectivity index (χ2n) is 4.60. The number of ketones is 1. The van der Waals surface area contributed by atoms with Crippen molar-refractivity contribution in [2.45, 2.75) is 26.3 Å². The van der Waals surface area contributed by atoms with E-state index in [1.807, 2.05) is 23.0 Å². The minimum atomic E-state index is 0.0425. The summed E-state index contributed by atoms with van der Waals surface area (Å²) in [5.74, 6) is 0.0425. The smallest absolute Gasteiger partial charge is 0.169 e. The lowest BCUT2D eigenvalue weighted by molar-refractivity contribution is 0.0991.